The molecule has 7 nitrogen and oxygen atoms in total. The van der Waals surface area contributed by atoms with Crippen LogP contribution in [-0.2, 0) is 14.8 Å². The van der Waals surface area contributed by atoms with E-state index >= 15 is 0 Å². The standard InChI is InChI=1S/C26H32Cl2N4O3S2/c1-4-30(5-2)16-17-32(26-29-23-18(3)6-11-22(28)24(23)36-26)25(33)19-12-14-31(15-13-19)37(34,35)21-9-7-20(27)8-10-21/h6-11,19H,4-5,12-17H2,1-3H3. The maximum atomic E-state index is 13.9. The van der Waals surface area contributed by atoms with Crippen LogP contribution in [0.4, 0.5) is 5.13 Å². The van der Waals surface area contributed by atoms with Gasteiger partial charge in [-0.1, -0.05) is 54.5 Å². The maximum Gasteiger partial charge on any atom is 0.243 e. The number of thiazole rings is 1. The SMILES string of the molecule is CCN(CC)CCN(C(=O)C1CCN(S(=O)(=O)c2ccc(Cl)cc2)CC1)c1nc2c(C)ccc(Cl)c2s1. The van der Waals surface area contributed by atoms with Crippen LogP contribution in [0.1, 0.15) is 32.3 Å². The molecule has 1 aromatic heterocycles. The number of amides is 1. The molecule has 0 atom stereocenters. The smallest absolute Gasteiger partial charge is 0.243 e. The van der Waals surface area contributed by atoms with Gasteiger partial charge in [0.2, 0.25) is 15.9 Å². The molecular weight excluding hydrogens is 551 g/mol. The minimum absolute atomic E-state index is 0.0106. The molecule has 4 rings (SSSR count). The Bertz CT molecular complexity index is 1310. The number of piperidine rings is 1. The molecule has 0 bridgehead atoms. The number of benzene rings is 2. The summed E-state index contributed by atoms with van der Waals surface area (Å²) in [5.41, 5.74) is 1.83. The molecule has 1 fully saturated rings. The molecule has 3 aromatic rings. The van der Waals surface area contributed by atoms with Crippen LogP contribution in [-0.4, -0.2) is 67.8 Å². The van der Waals surface area contributed by atoms with Crippen molar-refractivity contribution in [3.8, 4) is 0 Å². The number of likely N-dealkylation sites (N-methyl/N-ethyl adjacent to an activating group) is 1. The van der Waals surface area contributed by atoms with Gasteiger partial charge in [-0.2, -0.15) is 4.31 Å². The lowest BCUT2D eigenvalue weighted by atomic mass is 9.96. The normalized spacial score (nSPS) is 15.5. The highest BCUT2D eigenvalue weighted by molar-refractivity contribution is 7.89. The van der Waals surface area contributed by atoms with Crippen molar-refractivity contribution >= 4 is 65.8 Å². The lowest BCUT2D eigenvalue weighted by Gasteiger charge is -2.33. The van der Waals surface area contributed by atoms with Crippen molar-refractivity contribution in [2.75, 3.05) is 44.2 Å². The second kappa shape index (κ2) is 12.0. The molecule has 37 heavy (non-hydrogen) atoms. The van der Waals surface area contributed by atoms with E-state index in [-0.39, 0.29) is 29.8 Å². The van der Waals surface area contributed by atoms with Crippen LogP contribution in [0.25, 0.3) is 10.2 Å². The summed E-state index contributed by atoms with van der Waals surface area (Å²) in [5.74, 6) is -0.291. The van der Waals surface area contributed by atoms with E-state index in [1.165, 1.54) is 27.8 Å². The number of hydrogen-bond donors (Lipinski definition) is 0. The van der Waals surface area contributed by atoms with E-state index in [1.807, 2.05) is 19.1 Å². The molecule has 2 heterocycles. The van der Waals surface area contributed by atoms with Gasteiger partial charge in [-0.05, 0) is 68.8 Å². The van der Waals surface area contributed by atoms with Crippen LogP contribution >= 0.6 is 34.5 Å². The van der Waals surface area contributed by atoms with Gasteiger partial charge < -0.3 is 4.90 Å². The summed E-state index contributed by atoms with van der Waals surface area (Å²) in [7, 11) is -3.64. The van der Waals surface area contributed by atoms with E-state index in [2.05, 4.69) is 18.7 Å². The van der Waals surface area contributed by atoms with Crippen molar-refractivity contribution in [3.63, 3.8) is 0 Å². The molecule has 0 saturated carbocycles. The summed E-state index contributed by atoms with van der Waals surface area (Å²) in [6.45, 7) is 9.80. The van der Waals surface area contributed by atoms with Crippen LogP contribution in [0.5, 0.6) is 0 Å². The first-order valence-corrected chi connectivity index (χ1v) is 15.5. The summed E-state index contributed by atoms with van der Waals surface area (Å²) >= 11 is 13.8. The number of aryl methyl sites for hydroxylation is 1. The molecule has 0 aliphatic carbocycles. The zero-order chi connectivity index (χ0) is 26.7. The monoisotopic (exact) mass is 582 g/mol. The number of rotatable bonds is 9. The molecule has 0 radical (unpaired) electrons. The molecule has 1 saturated heterocycles. The lowest BCUT2D eigenvalue weighted by Crippen LogP contribution is -2.46. The van der Waals surface area contributed by atoms with Crippen molar-refractivity contribution in [2.24, 2.45) is 5.92 Å². The number of sulfonamides is 1. The summed E-state index contributed by atoms with van der Waals surface area (Å²) in [6.07, 6.45) is 0.913. The minimum Gasteiger partial charge on any atom is -0.302 e. The summed E-state index contributed by atoms with van der Waals surface area (Å²) in [6, 6.07) is 9.98. The van der Waals surface area contributed by atoms with Gasteiger partial charge in [0.1, 0.15) is 0 Å². The molecular formula is C26H32Cl2N4O3S2. The van der Waals surface area contributed by atoms with Crippen LogP contribution in [0.2, 0.25) is 10.0 Å². The zero-order valence-electron chi connectivity index (χ0n) is 21.3. The molecule has 11 heteroatoms. The number of halogens is 2. The van der Waals surface area contributed by atoms with Gasteiger partial charge in [0.15, 0.2) is 5.13 Å². The number of nitrogens with zero attached hydrogens (tertiary/aromatic N) is 4. The van der Waals surface area contributed by atoms with E-state index in [0.717, 1.165) is 35.4 Å². The fraction of sp³-hybridized carbons (Fsp3) is 0.462. The summed E-state index contributed by atoms with van der Waals surface area (Å²) in [5, 5.41) is 1.75. The molecule has 0 N–H and O–H groups in total. The van der Waals surface area contributed by atoms with Crippen LogP contribution in [0.15, 0.2) is 41.3 Å². The van der Waals surface area contributed by atoms with E-state index in [9.17, 15) is 13.2 Å². The van der Waals surface area contributed by atoms with E-state index in [4.69, 9.17) is 28.2 Å². The van der Waals surface area contributed by atoms with E-state index < -0.39 is 10.0 Å². The van der Waals surface area contributed by atoms with Crippen molar-refractivity contribution in [1.82, 2.24) is 14.2 Å². The quantitative estimate of drug-likeness (QED) is 0.324. The van der Waals surface area contributed by atoms with Gasteiger partial charge in [-0.25, -0.2) is 13.4 Å². The zero-order valence-corrected chi connectivity index (χ0v) is 24.4. The fourth-order valence-corrected chi connectivity index (χ4v) is 7.55. The van der Waals surface area contributed by atoms with Crippen LogP contribution in [0.3, 0.4) is 0 Å². The van der Waals surface area contributed by atoms with E-state index in [1.54, 1.807) is 17.0 Å². The Kier molecular flexibility index (Phi) is 9.14. The molecule has 0 spiro atoms. The summed E-state index contributed by atoms with van der Waals surface area (Å²) in [4.78, 5) is 22.9. The number of hydrogen-bond acceptors (Lipinski definition) is 6. The third-order valence-corrected chi connectivity index (χ3v) is 10.7. The number of fused-ring (bicyclic) bond motifs is 1. The Morgan fingerprint density at radius 2 is 1.70 bits per heavy atom. The predicted octanol–water partition coefficient (Wildman–Crippen LogP) is 5.69. The first-order valence-electron chi connectivity index (χ1n) is 12.5. The number of aromatic nitrogens is 1. The fourth-order valence-electron chi connectivity index (χ4n) is 4.61. The third kappa shape index (κ3) is 6.13. The molecule has 2 aromatic carbocycles. The Morgan fingerprint density at radius 1 is 1.05 bits per heavy atom. The van der Waals surface area contributed by atoms with Crippen molar-refractivity contribution in [2.45, 2.75) is 38.5 Å². The topological polar surface area (TPSA) is 73.8 Å². The number of anilines is 1. The lowest BCUT2D eigenvalue weighted by molar-refractivity contribution is -0.123. The van der Waals surface area contributed by atoms with Crippen LogP contribution < -0.4 is 4.90 Å². The highest BCUT2D eigenvalue weighted by Gasteiger charge is 2.35. The van der Waals surface area contributed by atoms with Gasteiger partial charge in [0, 0.05) is 37.1 Å². The van der Waals surface area contributed by atoms with Gasteiger partial charge in [-0.15, -0.1) is 0 Å². The molecule has 1 aliphatic rings. The molecule has 0 unspecified atom stereocenters. The Balaban J connectivity index is 1.54. The Morgan fingerprint density at radius 3 is 2.30 bits per heavy atom. The van der Waals surface area contributed by atoms with Crippen molar-refractivity contribution in [1.29, 1.82) is 0 Å². The van der Waals surface area contributed by atoms with Gasteiger partial charge in [0.25, 0.3) is 0 Å². The highest BCUT2D eigenvalue weighted by Crippen LogP contribution is 2.37. The Labute approximate surface area is 233 Å². The van der Waals surface area contributed by atoms with Gasteiger partial charge >= 0.3 is 0 Å². The number of carbonyl (C=O) groups excluding carboxylic acids is 1. The highest BCUT2D eigenvalue weighted by atomic mass is 35.5. The van der Waals surface area contributed by atoms with E-state index in [0.29, 0.717) is 34.6 Å². The Hall–Kier alpha value is -1.75. The van der Waals surface area contributed by atoms with Crippen LogP contribution in [0, 0.1) is 12.8 Å². The second-order valence-electron chi connectivity index (χ2n) is 9.19. The largest absolute Gasteiger partial charge is 0.302 e. The predicted molar refractivity (Wildman–Crippen MR) is 152 cm³/mol. The van der Waals surface area contributed by atoms with Gasteiger partial charge in [0.05, 0.1) is 20.1 Å². The molecule has 200 valence electrons. The average Bonchev–Trinajstić information content (AvgIpc) is 3.35. The summed E-state index contributed by atoms with van der Waals surface area (Å²) < 4.78 is 28.5. The third-order valence-electron chi connectivity index (χ3n) is 6.97. The maximum absolute atomic E-state index is 13.9. The first-order chi connectivity index (χ1) is 17.6. The van der Waals surface area contributed by atoms with Crippen molar-refractivity contribution < 1.29 is 13.2 Å². The minimum atomic E-state index is -3.64. The molecule has 1 amide bonds. The number of carbonyl (C=O) groups is 1. The van der Waals surface area contributed by atoms with Crippen molar-refractivity contribution in [3.05, 3.63) is 52.0 Å². The average molecular weight is 584 g/mol. The second-order valence-corrected chi connectivity index (χ2v) is 12.9. The molecule has 1 aliphatic heterocycles. The van der Waals surface area contributed by atoms with Gasteiger partial charge in [-0.3, -0.25) is 9.69 Å². The first kappa shape index (κ1) is 28.3.